The maximum atomic E-state index is 12.4. The molecule has 5 heteroatoms. The molecule has 0 radical (unpaired) electrons. The molecular formula is C17H16ClNO3. The summed E-state index contributed by atoms with van der Waals surface area (Å²) in [5.74, 6) is 1.27. The van der Waals surface area contributed by atoms with Gasteiger partial charge in [-0.25, -0.2) is 0 Å². The van der Waals surface area contributed by atoms with Gasteiger partial charge in [0.15, 0.2) is 0 Å². The Bertz CT molecular complexity index is 685. The van der Waals surface area contributed by atoms with Crippen molar-refractivity contribution in [3.63, 3.8) is 0 Å². The number of hydrogen-bond donors (Lipinski definition) is 1. The summed E-state index contributed by atoms with van der Waals surface area (Å²) in [7, 11) is 1.61. The molecule has 0 unspecified atom stereocenters. The molecule has 1 N–H and O–H groups in total. The number of anilines is 1. The van der Waals surface area contributed by atoms with Crippen LogP contribution in [0.15, 0.2) is 42.5 Å². The zero-order valence-corrected chi connectivity index (χ0v) is 12.9. The highest BCUT2D eigenvalue weighted by atomic mass is 35.5. The van der Waals surface area contributed by atoms with E-state index in [2.05, 4.69) is 5.32 Å². The Morgan fingerprint density at radius 3 is 2.77 bits per heavy atom. The molecule has 22 heavy (non-hydrogen) atoms. The van der Waals surface area contributed by atoms with E-state index in [1.54, 1.807) is 13.2 Å². The Balaban J connectivity index is 1.68. The van der Waals surface area contributed by atoms with Crippen LogP contribution in [0, 0.1) is 5.92 Å². The van der Waals surface area contributed by atoms with Gasteiger partial charge in [-0.2, -0.15) is 0 Å². The van der Waals surface area contributed by atoms with Crippen molar-refractivity contribution in [3.8, 4) is 11.5 Å². The molecule has 0 spiro atoms. The van der Waals surface area contributed by atoms with Crippen LogP contribution in [0.3, 0.4) is 0 Å². The fraction of sp³-hybridized carbons (Fsp3) is 0.235. The number of carbonyl (C=O) groups excluding carboxylic acids is 1. The van der Waals surface area contributed by atoms with Crippen LogP contribution in [0.1, 0.15) is 5.56 Å². The summed E-state index contributed by atoms with van der Waals surface area (Å²) in [6.07, 6.45) is 0.623. The highest BCUT2D eigenvalue weighted by Crippen LogP contribution is 2.30. The first kappa shape index (κ1) is 14.7. The van der Waals surface area contributed by atoms with E-state index in [1.807, 2.05) is 36.4 Å². The van der Waals surface area contributed by atoms with E-state index in [4.69, 9.17) is 21.1 Å². The number of fused-ring (bicyclic) bond motifs is 1. The zero-order chi connectivity index (χ0) is 15.5. The van der Waals surface area contributed by atoms with Crippen LogP contribution in [0.5, 0.6) is 11.5 Å². The summed E-state index contributed by atoms with van der Waals surface area (Å²) in [6, 6.07) is 12.7. The SMILES string of the molecule is COc1ccc(NC(=O)[C@@H]2COc3ccc(Cl)cc3C2)cc1. The fourth-order valence-corrected chi connectivity index (χ4v) is 2.64. The monoisotopic (exact) mass is 317 g/mol. The van der Waals surface area contributed by atoms with Gasteiger partial charge in [-0.1, -0.05) is 11.6 Å². The van der Waals surface area contributed by atoms with Gasteiger partial charge in [0.25, 0.3) is 0 Å². The maximum Gasteiger partial charge on any atom is 0.231 e. The molecule has 1 aliphatic heterocycles. The molecular weight excluding hydrogens is 302 g/mol. The standard InChI is InChI=1S/C17H16ClNO3/c1-21-15-5-3-14(4-6-15)19-17(20)12-8-11-9-13(18)2-7-16(11)22-10-12/h2-7,9,12H,8,10H2,1H3,(H,19,20)/t12-/m0/s1. The summed E-state index contributed by atoms with van der Waals surface area (Å²) < 4.78 is 10.7. The predicted octanol–water partition coefficient (Wildman–Crippen LogP) is 3.54. The number of ether oxygens (including phenoxy) is 2. The third-order valence-corrected chi connectivity index (χ3v) is 3.89. The lowest BCUT2D eigenvalue weighted by Gasteiger charge is -2.24. The van der Waals surface area contributed by atoms with Crippen LogP contribution in [-0.2, 0) is 11.2 Å². The Labute approximate surface area is 134 Å². The fourth-order valence-electron chi connectivity index (χ4n) is 2.45. The third kappa shape index (κ3) is 3.17. The van der Waals surface area contributed by atoms with E-state index in [-0.39, 0.29) is 11.8 Å². The molecule has 1 heterocycles. The summed E-state index contributed by atoms with van der Waals surface area (Å²) in [5.41, 5.74) is 1.70. The van der Waals surface area contributed by atoms with E-state index in [1.165, 1.54) is 0 Å². The Hall–Kier alpha value is -2.20. The maximum absolute atomic E-state index is 12.4. The lowest BCUT2D eigenvalue weighted by Crippen LogP contribution is -2.32. The number of rotatable bonds is 3. The normalized spacial score (nSPS) is 16.4. The van der Waals surface area contributed by atoms with Crippen LogP contribution in [0.4, 0.5) is 5.69 Å². The highest BCUT2D eigenvalue weighted by Gasteiger charge is 2.26. The van der Waals surface area contributed by atoms with E-state index < -0.39 is 0 Å². The molecule has 1 amide bonds. The average Bonchev–Trinajstić information content (AvgIpc) is 2.54. The average molecular weight is 318 g/mol. The minimum atomic E-state index is -0.229. The molecule has 2 aromatic carbocycles. The first-order valence-electron chi connectivity index (χ1n) is 7.02. The molecule has 0 saturated heterocycles. The van der Waals surface area contributed by atoms with E-state index in [0.29, 0.717) is 18.1 Å². The topological polar surface area (TPSA) is 47.6 Å². The van der Waals surface area contributed by atoms with Crippen LogP contribution in [0.25, 0.3) is 0 Å². The van der Waals surface area contributed by atoms with Crippen LogP contribution < -0.4 is 14.8 Å². The number of methoxy groups -OCH3 is 1. The van der Waals surface area contributed by atoms with Gasteiger partial charge in [0.05, 0.1) is 13.0 Å². The lowest BCUT2D eigenvalue weighted by atomic mass is 9.96. The first-order valence-corrected chi connectivity index (χ1v) is 7.39. The summed E-state index contributed by atoms with van der Waals surface area (Å²) in [5, 5.41) is 3.55. The molecule has 0 saturated carbocycles. The summed E-state index contributed by atoms with van der Waals surface area (Å²) in [4.78, 5) is 12.4. The molecule has 0 bridgehead atoms. The number of nitrogens with one attached hydrogen (secondary N) is 1. The molecule has 2 aromatic rings. The Kier molecular flexibility index (Phi) is 4.20. The third-order valence-electron chi connectivity index (χ3n) is 3.66. The van der Waals surface area contributed by atoms with E-state index >= 15 is 0 Å². The number of amides is 1. The smallest absolute Gasteiger partial charge is 0.231 e. The second kappa shape index (κ2) is 6.28. The van der Waals surface area contributed by atoms with Gasteiger partial charge >= 0.3 is 0 Å². The van der Waals surface area contributed by atoms with Gasteiger partial charge in [0, 0.05) is 10.7 Å². The number of hydrogen-bond acceptors (Lipinski definition) is 3. The van der Waals surface area contributed by atoms with Gasteiger partial charge in [0.2, 0.25) is 5.91 Å². The van der Waals surface area contributed by atoms with Crippen molar-refractivity contribution in [2.75, 3.05) is 19.0 Å². The van der Waals surface area contributed by atoms with Crippen molar-refractivity contribution >= 4 is 23.2 Å². The quantitative estimate of drug-likeness (QED) is 0.942. The summed E-state index contributed by atoms with van der Waals surface area (Å²) >= 11 is 5.99. The second-order valence-electron chi connectivity index (χ2n) is 5.18. The van der Waals surface area contributed by atoms with Gasteiger partial charge in [-0.15, -0.1) is 0 Å². The minimum Gasteiger partial charge on any atom is -0.497 e. The molecule has 0 fully saturated rings. The Morgan fingerprint density at radius 2 is 2.05 bits per heavy atom. The molecule has 4 nitrogen and oxygen atoms in total. The molecule has 3 rings (SSSR count). The van der Waals surface area contributed by atoms with Crippen molar-refractivity contribution in [2.45, 2.75) is 6.42 Å². The second-order valence-corrected chi connectivity index (χ2v) is 5.62. The molecule has 1 aliphatic rings. The van der Waals surface area contributed by atoms with Crippen LogP contribution >= 0.6 is 11.6 Å². The van der Waals surface area contributed by atoms with Crippen molar-refractivity contribution in [3.05, 3.63) is 53.1 Å². The molecule has 0 aromatic heterocycles. The summed E-state index contributed by atoms with van der Waals surface area (Å²) in [6.45, 7) is 0.372. The largest absolute Gasteiger partial charge is 0.497 e. The highest BCUT2D eigenvalue weighted by molar-refractivity contribution is 6.30. The number of carbonyl (C=O) groups is 1. The predicted molar refractivity (Wildman–Crippen MR) is 85.8 cm³/mol. The lowest BCUT2D eigenvalue weighted by molar-refractivity contribution is -0.121. The first-order chi connectivity index (χ1) is 10.7. The zero-order valence-electron chi connectivity index (χ0n) is 12.1. The van der Waals surface area contributed by atoms with Gasteiger partial charge in [0.1, 0.15) is 18.1 Å². The van der Waals surface area contributed by atoms with Gasteiger partial charge in [-0.3, -0.25) is 4.79 Å². The van der Waals surface area contributed by atoms with Crippen molar-refractivity contribution in [2.24, 2.45) is 5.92 Å². The molecule has 1 atom stereocenters. The van der Waals surface area contributed by atoms with Crippen LogP contribution in [0.2, 0.25) is 5.02 Å². The minimum absolute atomic E-state index is 0.0595. The molecule has 0 aliphatic carbocycles. The van der Waals surface area contributed by atoms with Gasteiger partial charge < -0.3 is 14.8 Å². The molecule has 114 valence electrons. The van der Waals surface area contributed by atoms with Crippen LogP contribution in [-0.4, -0.2) is 19.6 Å². The van der Waals surface area contributed by atoms with Gasteiger partial charge in [-0.05, 0) is 54.4 Å². The van der Waals surface area contributed by atoms with Crippen molar-refractivity contribution in [1.82, 2.24) is 0 Å². The van der Waals surface area contributed by atoms with E-state index in [0.717, 1.165) is 22.7 Å². The van der Waals surface area contributed by atoms with Crippen molar-refractivity contribution < 1.29 is 14.3 Å². The number of benzene rings is 2. The van der Waals surface area contributed by atoms with E-state index in [9.17, 15) is 4.79 Å². The number of halogens is 1. The Morgan fingerprint density at radius 1 is 1.27 bits per heavy atom. The van der Waals surface area contributed by atoms with Crippen molar-refractivity contribution in [1.29, 1.82) is 0 Å².